The van der Waals surface area contributed by atoms with Crippen LogP contribution in [0.5, 0.6) is 0 Å². The van der Waals surface area contributed by atoms with Crippen molar-refractivity contribution in [3.63, 3.8) is 0 Å². The normalized spacial score (nSPS) is 12.2. The molecule has 0 amide bonds. The fourth-order valence-corrected chi connectivity index (χ4v) is 9.35. The number of rotatable bonds is 6. The number of fused-ring (bicyclic) bond motifs is 10. The highest BCUT2D eigenvalue weighted by atomic mass is 16.3. The molecule has 4 heteroatoms. The van der Waals surface area contributed by atoms with Crippen molar-refractivity contribution < 1.29 is 8.83 Å². The molecule has 0 radical (unpaired) electrons. The Bertz CT molecular complexity index is 3660. The molecule has 12 aromatic rings. The van der Waals surface area contributed by atoms with Crippen LogP contribution < -0.4 is 0 Å². The summed E-state index contributed by atoms with van der Waals surface area (Å²) in [4.78, 5) is 0. The van der Waals surface area contributed by atoms with Gasteiger partial charge in [-0.15, -0.1) is 0 Å². The van der Waals surface area contributed by atoms with E-state index in [-0.39, 0.29) is 0 Å². The number of hydrogen-bond acceptors (Lipinski definition) is 2. The van der Waals surface area contributed by atoms with Crippen molar-refractivity contribution in [1.29, 1.82) is 0 Å². The van der Waals surface area contributed by atoms with Crippen LogP contribution in [0.3, 0.4) is 0 Å². The predicted molar refractivity (Wildman–Crippen MR) is 247 cm³/mol. The lowest BCUT2D eigenvalue weighted by atomic mass is 9.97. The summed E-state index contributed by atoms with van der Waals surface area (Å²) in [6, 6.07) is 60.8. The zero-order valence-electron chi connectivity index (χ0n) is 32.3. The SMILES string of the molecule is C=C/C=C\c1c(C)n(-c2ccc3oc4ccc(-c5cccc(-c6ccc7oc8ccc(-n9c%10ccccc%10c%10ccccc%109)cc8c7c6)c5)cc4c3c2)c2ccccc12. The molecule has 0 N–H and O–H groups in total. The van der Waals surface area contributed by atoms with Crippen molar-refractivity contribution in [2.75, 3.05) is 0 Å². The summed E-state index contributed by atoms with van der Waals surface area (Å²) >= 11 is 0. The van der Waals surface area contributed by atoms with E-state index in [1.165, 1.54) is 44.0 Å². The van der Waals surface area contributed by atoms with Gasteiger partial charge in [-0.25, -0.2) is 0 Å². The molecule has 0 saturated carbocycles. The molecule has 4 heterocycles. The molecule has 0 aliphatic rings. The zero-order chi connectivity index (χ0) is 39.2. The van der Waals surface area contributed by atoms with Gasteiger partial charge in [0.2, 0.25) is 0 Å². The Kier molecular flexibility index (Phi) is 7.26. The minimum atomic E-state index is 0.873. The standard InChI is InChI=1S/C55H36N2O2/c1-3-4-14-41-34(2)56(49-18-8-5-15-42(41)49)39-23-27-54-47(32-39)45-30-37(21-25-52(45)58-54)35-12-11-13-36(29-35)38-22-26-53-46(31-38)48-33-40(24-28-55(48)59-53)57-50-19-9-6-16-43(50)44-17-7-10-20-51(44)57/h3-33H,1H2,2H3/b14-4-. The number of allylic oxidation sites excluding steroid dienone is 2. The van der Waals surface area contributed by atoms with E-state index in [2.05, 4.69) is 199 Å². The van der Waals surface area contributed by atoms with Gasteiger partial charge in [-0.1, -0.05) is 110 Å². The van der Waals surface area contributed by atoms with Gasteiger partial charge in [0.15, 0.2) is 0 Å². The first-order valence-electron chi connectivity index (χ1n) is 20.0. The molecular weight excluding hydrogens is 721 g/mol. The second-order valence-corrected chi connectivity index (χ2v) is 15.4. The topological polar surface area (TPSA) is 36.1 Å². The van der Waals surface area contributed by atoms with Crippen LogP contribution in [0.1, 0.15) is 11.3 Å². The number of hydrogen-bond donors (Lipinski definition) is 0. The molecular formula is C55H36N2O2. The Hall–Kier alpha value is -7.82. The van der Waals surface area contributed by atoms with Crippen molar-refractivity contribution in [2.45, 2.75) is 6.92 Å². The third-order valence-electron chi connectivity index (χ3n) is 12.1. The molecule has 4 aromatic heterocycles. The first-order chi connectivity index (χ1) is 29.1. The lowest BCUT2D eigenvalue weighted by Crippen LogP contribution is -1.96. The maximum Gasteiger partial charge on any atom is 0.135 e. The van der Waals surface area contributed by atoms with E-state index in [4.69, 9.17) is 8.83 Å². The zero-order valence-corrected chi connectivity index (χ0v) is 32.3. The highest BCUT2D eigenvalue weighted by Gasteiger charge is 2.18. The first-order valence-corrected chi connectivity index (χ1v) is 20.0. The van der Waals surface area contributed by atoms with E-state index >= 15 is 0 Å². The molecule has 12 rings (SSSR count). The highest BCUT2D eigenvalue weighted by Crippen LogP contribution is 2.39. The van der Waals surface area contributed by atoms with Crippen LogP contribution in [0.4, 0.5) is 0 Å². The molecule has 0 bridgehead atoms. The van der Waals surface area contributed by atoms with Gasteiger partial charge >= 0.3 is 0 Å². The molecule has 0 fully saturated rings. The fourth-order valence-electron chi connectivity index (χ4n) is 9.35. The maximum absolute atomic E-state index is 6.41. The molecule has 4 nitrogen and oxygen atoms in total. The summed E-state index contributed by atoms with van der Waals surface area (Å²) in [5.41, 5.74) is 16.2. The summed E-state index contributed by atoms with van der Waals surface area (Å²) < 4.78 is 17.5. The highest BCUT2D eigenvalue weighted by molar-refractivity contribution is 6.11. The molecule has 59 heavy (non-hydrogen) atoms. The fraction of sp³-hybridized carbons (Fsp3) is 0.0182. The number of furan rings is 2. The Morgan fingerprint density at radius 1 is 0.407 bits per heavy atom. The minimum Gasteiger partial charge on any atom is -0.456 e. The second kappa shape index (κ2) is 12.9. The Labute approximate surface area is 339 Å². The third kappa shape index (κ3) is 5.10. The molecule has 278 valence electrons. The largest absolute Gasteiger partial charge is 0.456 e. The molecule has 8 aromatic carbocycles. The van der Waals surface area contributed by atoms with Crippen LogP contribution in [0.15, 0.2) is 197 Å². The van der Waals surface area contributed by atoms with Crippen LogP contribution in [0, 0.1) is 6.92 Å². The quantitative estimate of drug-likeness (QED) is 0.158. The summed E-state index contributed by atoms with van der Waals surface area (Å²) in [6.45, 7) is 6.07. The maximum atomic E-state index is 6.41. The molecule has 0 spiro atoms. The van der Waals surface area contributed by atoms with E-state index < -0.39 is 0 Å². The number of nitrogens with zero attached hydrogens (tertiary/aromatic N) is 2. The lowest BCUT2D eigenvalue weighted by molar-refractivity contribution is 0.668. The van der Waals surface area contributed by atoms with Crippen molar-refractivity contribution >= 4 is 82.7 Å². The van der Waals surface area contributed by atoms with Gasteiger partial charge in [-0.05, 0) is 114 Å². The number of para-hydroxylation sites is 3. The number of aromatic nitrogens is 2. The van der Waals surface area contributed by atoms with Crippen molar-refractivity contribution in [1.82, 2.24) is 9.13 Å². The van der Waals surface area contributed by atoms with Gasteiger partial charge in [0.05, 0.1) is 16.6 Å². The molecule has 0 saturated heterocycles. The van der Waals surface area contributed by atoms with Gasteiger partial charge in [-0.2, -0.15) is 0 Å². The lowest BCUT2D eigenvalue weighted by Gasteiger charge is -2.09. The molecule has 0 aliphatic carbocycles. The van der Waals surface area contributed by atoms with Gasteiger partial charge in [-0.3, -0.25) is 0 Å². The van der Waals surface area contributed by atoms with Crippen LogP contribution >= 0.6 is 0 Å². The Morgan fingerprint density at radius 2 is 0.847 bits per heavy atom. The number of benzene rings is 8. The van der Waals surface area contributed by atoms with Crippen molar-refractivity contribution in [3.8, 4) is 33.6 Å². The van der Waals surface area contributed by atoms with Crippen molar-refractivity contribution in [2.24, 2.45) is 0 Å². The molecule has 0 atom stereocenters. The van der Waals surface area contributed by atoms with E-state index in [0.717, 1.165) is 77.5 Å². The molecule has 0 aliphatic heterocycles. The van der Waals surface area contributed by atoms with Crippen LogP contribution in [0.2, 0.25) is 0 Å². The summed E-state index contributed by atoms with van der Waals surface area (Å²) in [5.74, 6) is 0. The van der Waals surface area contributed by atoms with Crippen LogP contribution in [0.25, 0.3) is 116 Å². The van der Waals surface area contributed by atoms with Gasteiger partial charge < -0.3 is 18.0 Å². The summed E-state index contributed by atoms with van der Waals surface area (Å²) in [7, 11) is 0. The van der Waals surface area contributed by atoms with E-state index in [1.54, 1.807) is 0 Å². The smallest absolute Gasteiger partial charge is 0.135 e. The second-order valence-electron chi connectivity index (χ2n) is 15.4. The average molecular weight is 757 g/mol. The third-order valence-corrected chi connectivity index (χ3v) is 12.1. The van der Waals surface area contributed by atoms with Crippen molar-refractivity contribution in [3.05, 3.63) is 200 Å². The van der Waals surface area contributed by atoms with E-state index in [0.29, 0.717) is 0 Å². The van der Waals surface area contributed by atoms with Gasteiger partial charge in [0.25, 0.3) is 0 Å². The minimum absolute atomic E-state index is 0.873. The summed E-state index contributed by atoms with van der Waals surface area (Å²) in [5, 5.41) is 8.10. The van der Waals surface area contributed by atoms with Gasteiger partial charge in [0.1, 0.15) is 22.3 Å². The summed E-state index contributed by atoms with van der Waals surface area (Å²) in [6.07, 6.45) is 5.97. The molecule has 0 unspecified atom stereocenters. The van der Waals surface area contributed by atoms with Crippen LogP contribution in [-0.4, -0.2) is 9.13 Å². The average Bonchev–Trinajstić information content (AvgIpc) is 4.02. The first kappa shape index (κ1) is 33.3. The van der Waals surface area contributed by atoms with Gasteiger partial charge in [0, 0.05) is 60.3 Å². The van der Waals surface area contributed by atoms with E-state index in [1.807, 2.05) is 12.2 Å². The monoisotopic (exact) mass is 756 g/mol. The Balaban J connectivity index is 0.942. The van der Waals surface area contributed by atoms with E-state index in [9.17, 15) is 0 Å². The Morgan fingerprint density at radius 3 is 1.39 bits per heavy atom. The predicted octanol–water partition coefficient (Wildman–Crippen LogP) is 15.4. The van der Waals surface area contributed by atoms with Crippen LogP contribution in [-0.2, 0) is 0 Å².